The van der Waals surface area contributed by atoms with Crippen LogP contribution in [0.1, 0.15) is 117 Å². The van der Waals surface area contributed by atoms with Gasteiger partial charge >= 0.3 is 0 Å². The molecule has 0 aromatic heterocycles. The molecule has 1 aliphatic carbocycles. The van der Waals surface area contributed by atoms with Gasteiger partial charge in [0.2, 0.25) is 5.91 Å². The molecule has 0 saturated heterocycles. The Morgan fingerprint density at radius 1 is 1.12 bits per heavy atom. The van der Waals surface area contributed by atoms with Gasteiger partial charge in [-0.1, -0.05) is 83.0 Å². The minimum atomic E-state index is -0.639. The quantitative estimate of drug-likeness (QED) is 0.142. The molecule has 40 heavy (non-hydrogen) atoms. The highest BCUT2D eigenvalue weighted by Gasteiger charge is 2.27. The lowest BCUT2D eigenvalue weighted by atomic mass is 9.86. The molecule has 5 heteroatoms. The van der Waals surface area contributed by atoms with Crippen LogP contribution in [0.15, 0.2) is 55.6 Å². The number of nitrogens with two attached hydrogens (primary N) is 1. The highest BCUT2D eigenvalue weighted by atomic mass is 19.1. The van der Waals surface area contributed by atoms with Gasteiger partial charge < -0.3 is 11.1 Å². The normalized spacial score (nSPS) is 18.0. The van der Waals surface area contributed by atoms with Gasteiger partial charge in [0.15, 0.2) is 5.78 Å². The fourth-order valence-corrected chi connectivity index (χ4v) is 6.06. The summed E-state index contributed by atoms with van der Waals surface area (Å²) in [6.07, 6.45) is 11.1. The molecule has 2 aromatic rings. The third-order valence-electron chi connectivity index (χ3n) is 8.47. The number of amides is 1. The van der Waals surface area contributed by atoms with E-state index >= 15 is 4.39 Å². The molecule has 0 bridgehead atoms. The molecule has 1 fully saturated rings. The van der Waals surface area contributed by atoms with Crippen molar-refractivity contribution in [3.05, 3.63) is 89.3 Å². The second kappa shape index (κ2) is 14.9. The van der Waals surface area contributed by atoms with Crippen molar-refractivity contribution in [3.8, 4) is 0 Å². The number of hydrogen-bond acceptors (Lipinski definition) is 3. The van der Waals surface area contributed by atoms with Crippen molar-refractivity contribution in [2.45, 2.75) is 90.4 Å². The molecule has 4 nitrogen and oxygen atoms in total. The highest BCUT2D eigenvalue weighted by molar-refractivity contribution is 6.43. The molecule has 3 rings (SSSR count). The molecule has 0 heterocycles. The topological polar surface area (TPSA) is 84.0 Å². The minimum Gasteiger partial charge on any atom is -0.366 e. The van der Waals surface area contributed by atoms with Crippen molar-refractivity contribution in [1.29, 1.82) is 5.41 Å². The molecule has 3 atom stereocenters. The summed E-state index contributed by atoms with van der Waals surface area (Å²) in [7, 11) is 0. The van der Waals surface area contributed by atoms with E-state index in [4.69, 9.17) is 11.1 Å². The van der Waals surface area contributed by atoms with E-state index in [1.807, 2.05) is 18.2 Å². The molecule has 1 amide bonds. The zero-order valence-electron chi connectivity index (χ0n) is 24.2. The van der Waals surface area contributed by atoms with Gasteiger partial charge in [0.1, 0.15) is 5.82 Å². The van der Waals surface area contributed by atoms with Crippen LogP contribution in [0, 0.1) is 23.1 Å². The lowest BCUT2D eigenvalue weighted by molar-refractivity contribution is -0.109. The summed E-state index contributed by atoms with van der Waals surface area (Å²) in [5.74, 6) is -0.814. The number of ketones is 1. The first kappa shape index (κ1) is 31.2. The first-order valence-electron chi connectivity index (χ1n) is 14.8. The van der Waals surface area contributed by atoms with E-state index in [-0.39, 0.29) is 28.9 Å². The van der Waals surface area contributed by atoms with E-state index in [2.05, 4.69) is 39.1 Å². The molecule has 3 N–H and O–H groups in total. The summed E-state index contributed by atoms with van der Waals surface area (Å²) in [5.41, 5.74) is 10.5. The van der Waals surface area contributed by atoms with Gasteiger partial charge in [-0.3, -0.25) is 9.59 Å². The molecule has 1 aliphatic rings. The van der Waals surface area contributed by atoms with Crippen LogP contribution in [0.4, 0.5) is 4.39 Å². The monoisotopic (exact) mass is 544 g/mol. The van der Waals surface area contributed by atoms with Gasteiger partial charge in [-0.2, -0.15) is 0 Å². The molecular formula is C35H45FN2O2. The first-order chi connectivity index (χ1) is 19.1. The predicted octanol–water partition coefficient (Wildman–Crippen LogP) is 8.57. The fourth-order valence-electron chi connectivity index (χ4n) is 6.06. The summed E-state index contributed by atoms with van der Waals surface area (Å²) in [5, 5.41) is 8.19. The number of halogens is 1. The van der Waals surface area contributed by atoms with Crippen LogP contribution < -0.4 is 5.73 Å². The van der Waals surface area contributed by atoms with E-state index in [9.17, 15) is 9.59 Å². The zero-order valence-corrected chi connectivity index (χ0v) is 24.2. The van der Waals surface area contributed by atoms with Crippen LogP contribution in [0.3, 0.4) is 0 Å². The summed E-state index contributed by atoms with van der Waals surface area (Å²) >= 11 is 0. The van der Waals surface area contributed by atoms with E-state index < -0.39 is 11.7 Å². The van der Waals surface area contributed by atoms with Gasteiger partial charge in [-0.25, -0.2) is 4.39 Å². The van der Waals surface area contributed by atoms with Gasteiger partial charge in [-0.05, 0) is 96.8 Å². The maximum atomic E-state index is 15.3. The van der Waals surface area contributed by atoms with E-state index in [1.54, 1.807) is 0 Å². The Morgan fingerprint density at radius 3 is 2.50 bits per heavy atom. The number of allylic oxidation sites excluding steroid dienone is 2. The van der Waals surface area contributed by atoms with Gasteiger partial charge in [0, 0.05) is 11.5 Å². The average Bonchev–Trinajstić information content (AvgIpc) is 3.19. The van der Waals surface area contributed by atoms with Crippen molar-refractivity contribution in [2.75, 3.05) is 0 Å². The van der Waals surface area contributed by atoms with Crippen molar-refractivity contribution >= 4 is 23.0 Å². The fraction of sp³-hybridized carbons (Fsp3) is 0.457. The second-order valence-electron chi connectivity index (χ2n) is 11.5. The Kier molecular flexibility index (Phi) is 11.6. The molecular weight excluding hydrogens is 499 g/mol. The minimum absolute atomic E-state index is 0.0388. The molecule has 2 aromatic carbocycles. The van der Waals surface area contributed by atoms with Crippen LogP contribution in [0.5, 0.6) is 0 Å². The van der Waals surface area contributed by atoms with Crippen LogP contribution in [0.25, 0.3) is 5.57 Å². The first-order valence-corrected chi connectivity index (χ1v) is 14.8. The SMILES string of the molecule is C=CC(=O)C(=N)[C@@H]1CCCC(c2cc(Cc3ccc(C(=C)CCCC(C)CCC)cc3)c(C(N)=O)cc2F)CC1. The molecule has 0 spiro atoms. The predicted molar refractivity (Wildman–Crippen MR) is 163 cm³/mol. The van der Waals surface area contributed by atoms with Gasteiger partial charge in [0.05, 0.1) is 5.71 Å². The Morgan fingerprint density at radius 2 is 1.85 bits per heavy atom. The Labute approximate surface area is 239 Å². The maximum Gasteiger partial charge on any atom is 0.249 e. The van der Waals surface area contributed by atoms with E-state index in [1.165, 1.54) is 31.4 Å². The van der Waals surface area contributed by atoms with Crippen LogP contribution in [0.2, 0.25) is 0 Å². The molecule has 0 aliphatic heterocycles. The molecule has 2 unspecified atom stereocenters. The summed E-state index contributed by atoms with van der Waals surface area (Å²) in [6.45, 7) is 12.3. The summed E-state index contributed by atoms with van der Waals surface area (Å²) in [4.78, 5) is 24.2. The van der Waals surface area contributed by atoms with Crippen LogP contribution >= 0.6 is 0 Å². The second-order valence-corrected chi connectivity index (χ2v) is 11.5. The lowest BCUT2D eigenvalue weighted by Gasteiger charge is -2.19. The highest BCUT2D eigenvalue weighted by Crippen LogP contribution is 2.37. The number of primary amides is 1. The Balaban J connectivity index is 1.73. The van der Waals surface area contributed by atoms with Gasteiger partial charge in [0.25, 0.3) is 0 Å². The van der Waals surface area contributed by atoms with Crippen LogP contribution in [-0.2, 0) is 11.2 Å². The number of rotatable bonds is 14. The third-order valence-corrected chi connectivity index (χ3v) is 8.47. The smallest absolute Gasteiger partial charge is 0.249 e. The Hall–Kier alpha value is -3.34. The zero-order chi connectivity index (χ0) is 29.2. The largest absolute Gasteiger partial charge is 0.366 e. The molecule has 0 radical (unpaired) electrons. The average molecular weight is 545 g/mol. The standard InChI is InChI=1S/C35H45FN2O2/c1-5-9-23(3)10-7-11-24(4)26-16-14-25(15-17-26)20-29-21-30(32(36)22-31(29)35(38)40)27-12-8-13-28(19-18-27)34(37)33(39)6-2/h6,14-17,21-23,27-28,37H,2,4-5,7-13,18-20H2,1,3H3,(H2,38,40)/t23?,27?,28-/m1/s1. The van der Waals surface area contributed by atoms with Crippen molar-refractivity contribution in [2.24, 2.45) is 17.6 Å². The molecule has 1 saturated carbocycles. The lowest BCUT2D eigenvalue weighted by Crippen LogP contribution is -2.21. The van der Waals surface area contributed by atoms with Crippen molar-refractivity contribution < 1.29 is 14.0 Å². The van der Waals surface area contributed by atoms with E-state index in [0.717, 1.165) is 60.3 Å². The number of hydrogen-bond donors (Lipinski definition) is 2. The number of benzene rings is 2. The van der Waals surface area contributed by atoms with E-state index in [0.29, 0.717) is 24.8 Å². The van der Waals surface area contributed by atoms with Crippen molar-refractivity contribution in [1.82, 2.24) is 0 Å². The molecule has 214 valence electrons. The van der Waals surface area contributed by atoms with Crippen molar-refractivity contribution in [3.63, 3.8) is 0 Å². The van der Waals surface area contributed by atoms with Crippen LogP contribution in [-0.4, -0.2) is 17.4 Å². The number of carbonyl (C=O) groups is 2. The van der Waals surface area contributed by atoms with Gasteiger partial charge in [-0.15, -0.1) is 0 Å². The summed E-state index contributed by atoms with van der Waals surface area (Å²) < 4.78 is 15.3. The maximum absolute atomic E-state index is 15.3. The number of nitrogens with one attached hydrogen (secondary N) is 1. The Bertz CT molecular complexity index is 1230. The summed E-state index contributed by atoms with van der Waals surface area (Å²) in [6, 6.07) is 11.3. The third kappa shape index (κ3) is 8.33. The number of carbonyl (C=O) groups excluding carboxylic acids is 2.